The Bertz CT molecular complexity index is 879. The van der Waals surface area contributed by atoms with Gasteiger partial charge in [-0.25, -0.2) is 0 Å². The summed E-state index contributed by atoms with van der Waals surface area (Å²) in [5.74, 6) is 0. The molecule has 0 bridgehead atoms. The second-order valence-electron chi connectivity index (χ2n) is 7.59. The van der Waals surface area contributed by atoms with Crippen molar-refractivity contribution in [2.24, 2.45) is 0 Å². The molecule has 0 heterocycles. The van der Waals surface area contributed by atoms with Crippen LogP contribution in [0.4, 0.5) is 0 Å². The maximum absolute atomic E-state index is 4.07. The maximum atomic E-state index is 4.07. The SMILES string of the molecule is C=CC(=C)Cc1ccc(CCc2cc(CC(=C)C=C)cc(CC(=C)C=C)c2)cc1.CC. The molecule has 0 aliphatic rings. The molecule has 0 nitrogen and oxygen atoms in total. The van der Waals surface area contributed by atoms with E-state index in [-0.39, 0.29) is 0 Å². The van der Waals surface area contributed by atoms with E-state index in [9.17, 15) is 0 Å². The van der Waals surface area contributed by atoms with Crippen molar-refractivity contribution >= 4 is 0 Å². The van der Waals surface area contributed by atoms with Crippen molar-refractivity contribution in [3.05, 3.63) is 145 Å². The lowest BCUT2D eigenvalue weighted by Gasteiger charge is -2.11. The summed E-state index contributed by atoms with van der Waals surface area (Å²) in [4.78, 5) is 0. The lowest BCUT2D eigenvalue weighted by Crippen LogP contribution is -1.98. The zero-order valence-corrected chi connectivity index (χ0v) is 19.6. The van der Waals surface area contributed by atoms with E-state index in [1.807, 2.05) is 32.1 Å². The fourth-order valence-electron chi connectivity index (χ4n) is 3.30. The van der Waals surface area contributed by atoms with Crippen molar-refractivity contribution in [3.63, 3.8) is 0 Å². The summed E-state index contributed by atoms with van der Waals surface area (Å²) in [6.45, 7) is 27.6. The van der Waals surface area contributed by atoms with Crippen LogP contribution in [-0.2, 0) is 32.1 Å². The third-order valence-corrected chi connectivity index (χ3v) is 5.00. The van der Waals surface area contributed by atoms with Gasteiger partial charge < -0.3 is 0 Å². The zero-order chi connectivity index (χ0) is 23.2. The molecule has 2 rings (SSSR count). The summed E-state index contributed by atoms with van der Waals surface area (Å²) in [6.07, 6.45) is 10.0. The van der Waals surface area contributed by atoms with Gasteiger partial charge in [-0.05, 0) is 59.9 Å². The molecule has 0 fully saturated rings. The van der Waals surface area contributed by atoms with Crippen LogP contribution >= 0.6 is 0 Å². The Morgan fingerprint density at radius 2 is 0.871 bits per heavy atom. The van der Waals surface area contributed by atoms with E-state index in [2.05, 4.69) is 81.9 Å². The molecule has 162 valence electrons. The molecule has 0 amide bonds. The molecule has 0 N–H and O–H groups in total. The molecule has 0 saturated carbocycles. The Hall–Kier alpha value is -3.12. The predicted octanol–water partition coefficient (Wildman–Crippen LogP) is 8.35. The first kappa shape index (κ1) is 25.9. The van der Waals surface area contributed by atoms with E-state index < -0.39 is 0 Å². The first-order valence-electron chi connectivity index (χ1n) is 11.0. The van der Waals surface area contributed by atoms with Crippen molar-refractivity contribution in [3.8, 4) is 0 Å². The van der Waals surface area contributed by atoms with Crippen molar-refractivity contribution in [2.75, 3.05) is 0 Å². The molecule has 2 aromatic rings. The quantitative estimate of drug-likeness (QED) is 0.308. The van der Waals surface area contributed by atoms with Crippen molar-refractivity contribution < 1.29 is 0 Å². The van der Waals surface area contributed by atoms with E-state index in [1.165, 1.54) is 27.8 Å². The van der Waals surface area contributed by atoms with Crippen LogP contribution in [-0.4, -0.2) is 0 Å². The summed E-state index contributed by atoms with van der Waals surface area (Å²) in [5, 5.41) is 0. The Kier molecular flexibility index (Phi) is 11.7. The van der Waals surface area contributed by atoms with Crippen LogP contribution < -0.4 is 0 Å². The molecule has 0 unspecified atom stereocenters. The second-order valence-corrected chi connectivity index (χ2v) is 7.59. The molecule has 0 aromatic heterocycles. The van der Waals surface area contributed by atoms with E-state index in [1.54, 1.807) is 0 Å². The maximum Gasteiger partial charge on any atom is -0.00317 e. The molecular formula is C31H38. The van der Waals surface area contributed by atoms with Gasteiger partial charge in [-0.15, -0.1) is 0 Å². The standard InChI is InChI=1S/C29H32.C2H6/c1-7-22(4)16-26-13-10-25(11-14-26)12-15-27-19-28(17-23(5)8-2)21-29(20-27)18-24(6)9-3;1-2/h7-11,13-14,19-21H,1-6,12,15-18H2;1-2H3. The molecule has 31 heavy (non-hydrogen) atoms. The van der Waals surface area contributed by atoms with Crippen LogP contribution in [0.2, 0.25) is 0 Å². The second kappa shape index (κ2) is 14.0. The van der Waals surface area contributed by atoms with Crippen molar-refractivity contribution in [1.82, 2.24) is 0 Å². The average Bonchev–Trinajstić information content (AvgIpc) is 2.79. The minimum absolute atomic E-state index is 0.826. The minimum atomic E-state index is 0.826. The van der Waals surface area contributed by atoms with Gasteiger partial charge in [0.25, 0.3) is 0 Å². The molecule has 0 aliphatic heterocycles. The van der Waals surface area contributed by atoms with Gasteiger partial charge in [0, 0.05) is 0 Å². The van der Waals surface area contributed by atoms with Crippen LogP contribution in [0.25, 0.3) is 0 Å². The number of benzene rings is 2. The van der Waals surface area contributed by atoms with Crippen LogP contribution in [0.15, 0.2) is 117 Å². The van der Waals surface area contributed by atoms with Crippen LogP contribution in [0.1, 0.15) is 41.7 Å². The number of hydrogen-bond donors (Lipinski definition) is 0. The van der Waals surface area contributed by atoms with Crippen LogP contribution in [0, 0.1) is 0 Å². The smallest absolute Gasteiger partial charge is 0.00317 e. The Morgan fingerprint density at radius 1 is 0.548 bits per heavy atom. The number of allylic oxidation sites excluding steroid dienone is 6. The number of hydrogen-bond acceptors (Lipinski definition) is 0. The third-order valence-electron chi connectivity index (χ3n) is 5.00. The highest BCUT2D eigenvalue weighted by molar-refractivity contribution is 5.37. The normalized spacial score (nSPS) is 9.74. The molecule has 2 aromatic carbocycles. The number of rotatable bonds is 12. The predicted molar refractivity (Wildman–Crippen MR) is 141 cm³/mol. The summed E-state index contributed by atoms with van der Waals surface area (Å²) in [7, 11) is 0. The zero-order valence-electron chi connectivity index (χ0n) is 19.6. The molecule has 0 atom stereocenters. The van der Waals surface area contributed by atoms with E-state index in [0.717, 1.165) is 48.8 Å². The fourth-order valence-corrected chi connectivity index (χ4v) is 3.30. The van der Waals surface area contributed by atoms with Crippen molar-refractivity contribution in [2.45, 2.75) is 46.0 Å². The lowest BCUT2D eigenvalue weighted by molar-refractivity contribution is 0.947. The Labute approximate surface area is 190 Å². The summed E-state index contributed by atoms with van der Waals surface area (Å²) in [5.41, 5.74) is 9.62. The van der Waals surface area contributed by atoms with Crippen LogP contribution in [0.5, 0.6) is 0 Å². The molecule has 0 spiro atoms. The highest BCUT2D eigenvalue weighted by Gasteiger charge is 2.05. The monoisotopic (exact) mass is 410 g/mol. The Balaban J connectivity index is 0.00000233. The van der Waals surface area contributed by atoms with Gasteiger partial charge in [0.05, 0.1) is 0 Å². The van der Waals surface area contributed by atoms with Gasteiger partial charge >= 0.3 is 0 Å². The summed E-state index contributed by atoms with van der Waals surface area (Å²) in [6, 6.07) is 15.6. The molecule has 0 radical (unpaired) electrons. The third kappa shape index (κ3) is 9.49. The average molecular weight is 411 g/mol. The largest absolute Gasteiger partial charge is 0.0988 e. The molecule has 0 aliphatic carbocycles. The summed E-state index contributed by atoms with van der Waals surface area (Å²) < 4.78 is 0. The highest BCUT2D eigenvalue weighted by atomic mass is 14.1. The Morgan fingerprint density at radius 3 is 1.29 bits per heavy atom. The van der Waals surface area contributed by atoms with Gasteiger partial charge in [0.1, 0.15) is 0 Å². The lowest BCUT2D eigenvalue weighted by atomic mass is 9.94. The minimum Gasteiger partial charge on any atom is -0.0988 e. The molecule has 0 heteroatoms. The van der Waals surface area contributed by atoms with Crippen LogP contribution in [0.3, 0.4) is 0 Å². The fraction of sp³-hybridized carbons (Fsp3) is 0.226. The van der Waals surface area contributed by atoms with E-state index in [0.29, 0.717) is 0 Å². The summed E-state index contributed by atoms with van der Waals surface area (Å²) >= 11 is 0. The van der Waals surface area contributed by atoms with Gasteiger partial charge in [-0.3, -0.25) is 0 Å². The first-order chi connectivity index (χ1) is 14.9. The first-order valence-corrected chi connectivity index (χ1v) is 11.0. The van der Waals surface area contributed by atoms with Crippen molar-refractivity contribution in [1.29, 1.82) is 0 Å². The van der Waals surface area contributed by atoms with Gasteiger partial charge in [0.2, 0.25) is 0 Å². The molecule has 0 saturated heterocycles. The topological polar surface area (TPSA) is 0 Å². The molecular weight excluding hydrogens is 372 g/mol. The van der Waals surface area contributed by atoms with Gasteiger partial charge in [0.15, 0.2) is 0 Å². The van der Waals surface area contributed by atoms with Gasteiger partial charge in [-0.2, -0.15) is 0 Å². The van der Waals surface area contributed by atoms with E-state index in [4.69, 9.17) is 0 Å². The number of aryl methyl sites for hydroxylation is 2. The van der Waals surface area contributed by atoms with Gasteiger partial charge in [-0.1, -0.05) is 131 Å². The highest BCUT2D eigenvalue weighted by Crippen LogP contribution is 2.19. The van der Waals surface area contributed by atoms with E-state index >= 15 is 0 Å².